The molecule has 1 aromatic rings. The molecule has 32 heavy (non-hydrogen) atoms. The Kier molecular flexibility index (Phi) is 9.31. The Labute approximate surface area is 191 Å². The molecule has 2 aliphatic rings. The number of benzene rings is 1. The van der Waals surface area contributed by atoms with Gasteiger partial charge in [0.25, 0.3) is 0 Å². The average Bonchev–Trinajstić information content (AvgIpc) is 2.77. The second-order valence-corrected chi connectivity index (χ2v) is 10.5. The molecule has 1 aromatic carbocycles. The van der Waals surface area contributed by atoms with Crippen LogP contribution in [0, 0.1) is 29.5 Å². The lowest BCUT2D eigenvalue weighted by atomic mass is 9.73. The van der Waals surface area contributed by atoms with E-state index in [1.807, 2.05) is 0 Å². The smallest absolute Gasteiger partial charge is 0.403 e. The van der Waals surface area contributed by atoms with Crippen LogP contribution in [0.2, 0.25) is 0 Å². The molecule has 0 aromatic heterocycles. The Morgan fingerprint density at radius 3 is 1.91 bits per heavy atom. The van der Waals surface area contributed by atoms with Gasteiger partial charge in [0.1, 0.15) is 0 Å². The van der Waals surface area contributed by atoms with Gasteiger partial charge in [-0.3, -0.25) is 0 Å². The van der Waals surface area contributed by atoms with Gasteiger partial charge in [-0.1, -0.05) is 77.7 Å². The summed E-state index contributed by atoms with van der Waals surface area (Å²) in [5, 5.41) is 0. The zero-order valence-electron chi connectivity index (χ0n) is 19.7. The molecule has 182 valence electrons. The summed E-state index contributed by atoms with van der Waals surface area (Å²) in [7, 11) is 0. The second kappa shape index (κ2) is 11.7. The van der Waals surface area contributed by atoms with Crippen molar-refractivity contribution in [3.63, 3.8) is 0 Å². The lowest BCUT2D eigenvalue weighted by molar-refractivity contribution is -0.275. The van der Waals surface area contributed by atoms with E-state index in [1.165, 1.54) is 63.9 Å². The number of hydrogen-bond donors (Lipinski definition) is 0. The maximum Gasteiger partial charge on any atom is 0.573 e. The summed E-state index contributed by atoms with van der Waals surface area (Å²) in [5.41, 5.74) is 0.797. The minimum absolute atomic E-state index is 0.238. The Morgan fingerprint density at radius 2 is 1.41 bits per heavy atom. The molecule has 0 aliphatic heterocycles. The zero-order chi connectivity index (χ0) is 23.1. The standard InChI is InChI=1S/C27H40F4O/c1-3-19(2)4-5-20-6-8-21(9-7-20)10-11-22-12-14-23(15-13-22)24-16-17-26(25(28)18-24)32-27(29,30)31/h16-23H,3-15H2,1-2H3. The summed E-state index contributed by atoms with van der Waals surface area (Å²) >= 11 is 0. The molecule has 1 nitrogen and oxygen atoms in total. The van der Waals surface area contributed by atoms with Gasteiger partial charge in [-0.15, -0.1) is 13.2 Å². The molecule has 2 fully saturated rings. The van der Waals surface area contributed by atoms with Crippen molar-refractivity contribution in [2.45, 2.75) is 110 Å². The predicted molar refractivity (Wildman–Crippen MR) is 121 cm³/mol. The van der Waals surface area contributed by atoms with Gasteiger partial charge < -0.3 is 4.74 Å². The molecular weight excluding hydrogens is 416 g/mol. The molecular formula is C27H40F4O. The molecule has 1 atom stereocenters. The van der Waals surface area contributed by atoms with Crippen molar-refractivity contribution in [3.8, 4) is 5.75 Å². The van der Waals surface area contributed by atoms with Gasteiger partial charge in [-0.25, -0.2) is 4.39 Å². The third kappa shape index (κ3) is 7.95. The topological polar surface area (TPSA) is 9.23 Å². The highest BCUT2D eigenvalue weighted by atomic mass is 19.4. The van der Waals surface area contributed by atoms with Crippen molar-refractivity contribution in [2.24, 2.45) is 23.7 Å². The monoisotopic (exact) mass is 456 g/mol. The predicted octanol–water partition coefficient (Wildman–Crippen LogP) is 9.41. The van der Waals surface area contributed by atoms with Gasteiger partial charge in [0.15, 0.2) is 11.6 Å². The lowest BCUT2D eigenvalue weighted by Crippen LogP contribution is -2.19. The number of alkyl halides is 3. The van der Waals surface area contributed by atoms with Gasteiger partial charge in [0.05, 0.1) is 0 Å². The molecule has 0 amide bonds. The molecule has 1 unspecified atom stereocenters. The van der Waals surface area contributed by atoms with E-state index in [2.05, 4.69) is 18.6 Å². The van der Waals surface area contributed by atoms with Crippen molar-refractivity contribution in [1.29, 1.82) is 0 Å². The summed E-state index contributed by atoms with van der Waals surface area (Å²) in [5.74, 6) is 2.01. The Hall–Kier alpha value is -1.26. The molecule has 2 aliphatic carbocycles. The van der Waals surface area contributed by atoms with Gasteiger partial charge in [0.2, 0.25) is 0 Å². The summed E-state index contributed by atoms with van der Waals surface area (Å²) in [4.78, 5) is 0. The molecule has 5 heteroatoms. The normalized spacial score (nSPS) is 27.8. The molecule has 2 saturated carbocycles. The minimum Gasteiger partial charge on any atom is -0.403 e. The SMILES string of the molecule is CCC(C)CCC1CCC(CCC2CCC(c3ccc(OC(F)(F)F)c(F)c3)CC2)CC1. The molecule has 0 saturated heterocycles. The van der Waals surface area contributed by atoms with Crippen LogP contribution < -0.4 is 4.74 Å². The van der Waals surface area contributed by atoms with Crippen molar-refractivity contribution >= 4 is 0 Å². The minimum atomic E-state index is -4.87. The Balaban J connectivity index is 1.35. The fraction of sp³-hybridized carbons (Fsp3) is 0.778. The maximum atomic E-state index is 14.0. The van der Waals surface area contributed by atoms with Gasteiger partial charge in [0, 0.05) is 0 Å². The van der Waals surface area contributed by atoms with Crippen LogP contribution in [0.4, 0.5) is 17.6 Å². The maximum absolute atomic E-state index is 14.0. The van der Waals surface area contributed by atoms with Crippen molar-refractivity contribution in [1.82, 2.24) is 0 Å². The summed E-state index contributed by atoms with van der Waals surface area (Å²) in [6, 6.07) is 3.93. The number of halogens is 4. The molecule has 0 N–H and O–H groups in total. The summed E-state index contributed by atoms with van der Waals surface area (Å²) < 4.78 is 54.8. The van der Waals surface area contributed by atoms with Crippen molar-refractivity contribution in [2.75, 3.05) is 0 Å². The largest absolute Gasteiger partial charge is 0.573 e. The average molecular weight is 457 g/mol. The first-order chi connectivity index (χ1) is 15.2. The van der Waals surface area contributed by atoms with Gasteiger partial charge in [-0.2, -0.15) is 0 Å². The van der Waals surface area contributed by atoms with Crippen LogP contribution in [0.25, 0.3) is 0 Å². The summed E-state index contributed by atoms with van der Waals surface area (Å²) in [6.45, 7) is 4.66. The number of hydrogen-bond acceptors (Lipinski definition) is 1. The Morgan fingerprint density at radius 1 is 0.875 bits per heavy atom. The van der Waals surface area contributed by atoms with Crippen LogP contribution in [-0.4, -0.2) is 6.36 Å². The molecule has 0 radical (unpaired) electrons. The molecule has 0 spiro atoms. The fourth-order valence-corrected chi connectivity index (χ4v) is 5.77. The second-order valence-electron chi connectivity index (χ2n) is 10.5. The quantitative estimate of drug-likeness (QED) is 0.336. The van der Waals surface area contributed by atoms with Crippen LogP contribution in [0.3, 0.4) is 0 Å². The van der Waals surface area contributed by atoms with Gasteiger partial charge >= 0.3 is 6.36 Å². The van der Waals surface area contributed by atoms with Gasteiger partial charge in [-0.05, 0) is 73.0 Å². The number of ether oxygens (including phenoxy) is 1. The Bertz CT molecular complexity index is 685. The first-order valence-electron chi connectivity index (χ1n) is 12.8. The molecule has 3 rings (SSSR count). The first kappa shape index (κ1) is 25.4. The van der Waals surface area contributed by atoms with Crippen LogP contribution >= 0.6 is 0 Å². The number of rotatable bonds is 9. The highest BCUT2D eigenvalue weighted by Gasteiger charge is 2.33. The van der Waals surface area contributed by atoms with E-state index >= 15 is 0 Å². The third-order valence-corrected chi connectivity index (χ3v) is 8.21. The third-order valence-electron chi connectivity index (χ3n) is 8.21. The van der Waals surface area contributed by atoms with E-state index in [0.29, 0.717) is 0 Å². The van der Waals surface area contributed by atoms with Crippen molar-refractivity contribution in [3.05, 3.63) is 29.6 Å². The van der Waals surface area contributed by atoms with Crippen LogP contribution in [-0.2, 0) is 0 Å². The van der Waals surface area contributed by atoms with Crippen molar-refractivity contribution < 1.29 is 22.3 Å². The van der Waals surface area contributed by atoms with Crippen LogP contribution in [0.5, 0.6) is 5.75 Å². The van der Waals surface area contributed by atoms with E-state index in [-0.39, 0.29) is 5.92 Å². The highest BCUT2D eigenvalue weighted by molar-refractivity contribution is 5.31. The van der Waals surface area contributed by atoms with Crippen LogP contribution in [0.1, 0.15) is 109 Å². The first-order valence-corrected chi connectivity index (χ1v) is 12.8. The molecule has 0 heterocycles. The van der Waals surface area contributed by atoms with E-state index in [0.717, 1.165) is 61.0 Å². The van der Waals surface area contributed by atoms with Crippen LogP contribution in [0.15, 0.2) is 18.2 Å². The molecule has 0 bridgehead atoms. The van der Waals surface area contributed by atoms with E-state index < -0.39 is 17.9 Å². The highest BCUT2D eigenvalue weighted by Crippen LogP contribution is 2.41. The van der Waals surface area contributed by atoms with E-state index in [1.54, 1.807) is 6.07 Å². The lowest BCUT2D eigenvalue weighted by Gasteiger charge is -2.32. The van der Waals surface area contributed by atoms with E-state index in [4.69, 9.17) is 0 Å². The zero-order valence-corrected chi connectivity index (χ0v) is 19.7. The summed E-state index contributed by atoms with van der Waals surface area (Å²) in [6.07, 6.45) is 11.7. The van der Waals surface area contributed by atoms with E-state index in [9.17, 15) is 17.6 Å². The fourth-order valence-electron chi connectivity index (χ4n) is 5.77.